The van der Waals surface area contributed by atoms with E-state index in [4.69, 9.17) is 19.0 Å². The van der Waals surface area contributed by atoms with E-state index in [-0.39, 0.29) is 17.9 Å². The minimum atomic E-state index is -0.671. The zero-order chi connectivity index (χ0) is 28.8. The van der Waals surface area contributed by atoms with E-state index in [2.05, 4.69) is 15.3 Å². The predicted octanol–water partition coefficient (Wildman–Crippen LogP) is 3.97. The number of fused-ring (bicyclic) bond motifs is 1. The van der Waals surface area contributed by atoms with Gasteiger partial charge in [-0.3, -0.25) is 9.78 Å². The highest BCUT2D eigenvalue weighted by Crippen LogP contribution is 2.37. The van der Waals surface area contributed by atoms with Gasteiger partial charge in [-0.15, -0.1) is 0 Å². The molecule has 10 nitrogen and oxygen atoms in total. The first-order valence-electron chi connectivity index (χ1n) is 13.9. The molecule has 2 aliphatic heterocycles. The van der Waals surface area contributed by atoms with Crippen molar-refractivity contribution < 1.29 is 23.6 Å². The standard InChI is InChI=1S/C29H38BN5O5/c1-17(2)24(34-27(37)38-7)26(36)35-14-8-9-23(35)25-32-21-12-10-18(15-22(21)33-25)20-13-11-19(16-31-20)30-39-28(3,4)29(5,6)40-30/h10-13,15-17,23-24H,8-9,14H2,1-7H3,(H,32,33)(H,34,37)/t23-,24-/m0/s1. The summed E-state index contributed by atoms with van der Waals surface area (Å²) < 4.78 is 17.0. The molecule has 40 heavy (non-hydrogen) atoms. The molecule has 11 heteroatoms. The van der Waals surface area contributed by atoms with Gasteiger partial charge in [-0.25, -0.2) is 9.78 Å². The van der Waals surface area contributed by atoms with Gasteiger partial charge in [0.05, 0.1) is 41.1 Å². The molecule has 0 radical (unpaired) electrons. The van der Waals surface area contributed by atoms with Crippen LogP contribution < -0.4 is 10.8 Å². The number of carbonyl (C=O) groups is 2. The second-order valence-corrected chi connectivity index (χ2v) is 12.0. The zero-order valence-electron chi connectivity index (χ0n) is 24.3. The number of ether oxygens (including phenoxy) is 1. The summed E-state index contributed by atoms with van der Waals surface area (Å²) in [4.78, 5) is 40.1. The number of methoxy groups -OCH3 is 1. The van der Waals surface area contributed by atoms with E-state index in [1.165, 1.54) is 7.11 Å². The van der Waals surface area contributed by atoms with Crippen LogP contribution in [0.15, 0.2) is 36.5 Å². The van der Waals surface area contributed by atoms with E-state index in [1.54, 1.807) is 6.20 Å². The fraction of sp³-hybridized carbons (Fsp3) is 0.517. The SMILES string of the molecule is COC(=O)N[C@H](C(=O)N1CCC[C@H]1c1nc2ccc(-c3ccc(B4OC(C)(C)C(C)(C)O4)cn3)cc2[nH]1)C(C)C. The molecule has 2 amide bonds. The number of hydrogen-bond acceptors (Lipinski definition) is 7. The van der Waals surface area contributed by atoms with Gasteiger partial charge in [0.25, 0.3) is 0 Å². The number of nitrogens with zero attached hydrogens (tertiary/aromatic N) is 3. The molecule has 212 valence electrons. The van der Waals surface area contributed by atoms with Crippen LogP contribution in [-0.2, 0) is 18.8 Å². The van der Waals surface area contributed by atoms with E-state index in [1.807, 2.05) is 76.8 Å². The molecule has 5 rings (SSSR count). The summed E-state index contributed by atoms with van der Waals surface area (Å²) in [6, 6.07) is 9.08. The van der Waals surface area contributed by atoms with Crippen LogP contribution >= 0.6 is 0 Å². The third-order valence-corrected chi connectivity index (χ3v) is 8.35. The van der Waals surface area contributed by atoms with Crippen molar-refractivity contribution in [2.75, 3.05) is 13.7 Å². The fourth-order valence-electron chi connectivity index (χ4n) is 5.23. The first-order valence-corrected chi connectivity index (χ1v) is 13.9. The molecular formula is C29H38BN5O5. The number of carbonyl (C=O) groups excluding carboxylic acids is 2. The molecule has 1 aromatic carbocycles. The molecule has 3 aromatic rings. The molecule has 2 fully saturated rings. The Morgan fingerprint density at radius 2 is 1.88 bits per heavy atom. The summed E-state index contributed by atoms with van der Waals surface area (Å²) >= 11 is 0. The Balaban J connectivity index is 1.35. The average Bonchev–Trinajstić information content (AvgIpc) is 3.61. The topological polar surface area (TPSA) is 119 Å². The fourth-order valence-corrected chi connectivity index (χ4v) is 5.23. The molecule has 2 atom stereocenters. The Kier molecular flexibility index (Phi) is 7.39. The molecule has 0 unspecified atom stereocenters. The second-order valence-electron chi connectivity index (χ2n) is 12.0. The van der Waals surface area contributed by atoms with Gasteiger partial charge in [-0.1, -0.05) is 26.0 Å². The number of benzene rings is 1. The predicted molar refractivity (Wildman–Crippen MR) is 153 cm³/mol. The number of likely N-dealkylation sites (tertiary alicyclic amines) is 1. The van der Waals surface area contributed by atoms with Crippen LogP contribution in [0.3, 0.4) is 0 Å². The Labute approximate surface area is 235 Å². The van der Waals surface area contributed by atoms with Gasteiger partial charge in [-0.2, -0.15) is 0 Å². The molecule has 0 saturated carbocycles. The number of hydrogen-bond donors (Lipinski definition) is 2. The number of H-pyrrole nitrogens is 1. The highest BCUT2D eigenvalue weighted by molar-refractivity contribution is 6.62. The summed E-state index contributed by atoms with van der Waals surface area (Å²) in [6.07, 6.45) is 2.84. The maximum Gasteiger partial charge on any atom is 0.496 e. The van der Waals surface area contributed by atoms with E-state index in [9.17, 15) is 9.59 Å². The summed E-state index contributed by atoms with van der Waals surface area (Å²) in [7, 11) is 0.835. The van der Waals surface area contributed by atoms with Crippen LogP contribution in [-0.4, -0.2) is 69.9 Å². The van der Waals surface area contributed by atoms with Crippen molar-refractivity contribution in [1.82, 2.24) is 25.2 Å². The van der Waals surface area contributed by atoms with Gasteiger partial charge in [0.2, 0.25) is 5.91 Å². The lowest BCUT2D eigenvalue weighted by Crippen LogP contribution is -2.51. The molecule has 2 N–H and O–H groups in total. The van der Waals surface area contributed by atoms with Crippen LogP contribution in [0.2, 0.25) is 0 Å². The largest absolute Gasteiger partial charge is 0.496 e. The third kappa shape index (κ3) is 5.20. The number of imidazole rings is 1. The van der Waals surface area contributed by atoms with Crippen molar-refractivity contribution in [3.8, 4) is 11.3 Å². The molecule has 0 bridgehead atoms. The van der Waals surface area contributed by atoms with Gasteiger partial charge < -0.3 is 29.2 Å². The quantitative estimate of drug-likeness (QED) is 0.449. The average molecular weight is 547 g/mol. The van der Waals surface area contributed by atoms with Crippen molar-refractivity contribution in [3.63, 3.8) is 0 Å². The van der Waals surface area contributed by atoms with Crippen LogP contribution in [0.4, 0.5) is 4.79 Å². The molecule has 2 aliphatic rings. The zero-order valence-corrected chi connectivity index (χ0v) is 24.3. The van der Waals surface area contributed by atoms with Crippen molar-refractivity contribution in [2.45, 2.75) is 77.7 Å². The highest BCUT2D eigenvalue weighted by atomic mass is 16.7. The molecule has 0 spiro atoms. The Bertz CT molecular complexity index is 1390. The Morgan fingerprint density at radius 1 is 1.15 bits per heavy atom. The first-order chi connectivity index (χ1) is 18.9. The van der Waals surface area contributed by atoms with E-state index >= 15 is 0 Å². The van der Waals surface area contributed by atoms with Gasteiger partial charge in [0, 0.05) is 23.8 Å². The number of rotatable bonds is 6. The molecular weight excluding hydrogens is 509 g/mol. The van der Waals surface area contributed by atoms with Gasteiger partial charge in [-0.05, 0) is 64.7 Å². The van der Waals surface area contributed by atoms with Crippen LogP contribution in [0.1, 0.15) is 66.3 Å². The van der Waals surface area contributed by atoms with Gasteiger partial charge in [0.15, 0.2) is 0 Å². The summed E-state index contributed by atoms with van der Waals surface area (Å²) in [5, 5.41) is 2.69. The minimum absolute atomic E-state index is 0.0882. The van der Waals surface area contributed by atoms with Crippen molar-refractivity contribution in [3.05, 3.63) is 42.4 Å². The summed E-state index contributed by atoms with van der Waals surface area (Å²) in [6.45, 7) is 12.6. The molecule has 2 saturated heterocycles. The normalized spacial score (nSPS) is 20.8. The van der Waals surface area contributed by atoms with Crippen LogP contribution in [0, 0.1) is 5.92 Å². The summed E-state index contributed by atoms with van der Waals surface area (Å²) in [5.41, 5.74) is 3.52. The lowest BCUT2D eigenvalue weighted by atomic mass is 9.80. The van der Waals surface area contributed by atoms with Gasteiger partial charge in [0.1, 0.15) is 11.9 Å². The van der Waals surface area contributed by atoms with Gasteiger partial charge >= 0.3 is 13.2 Å². The number of nitrogens with one attached hydrogen (secondary N) is 2. The second kappa shape index (κ2) is 10.5. The first kappa shape index (κ1) is 28.1. The Morgan fingerprint density at radius 3 is 2.50 bits per heavy atom. The summed E-state index contributed by atoms with van der Waals surface area (Å²) in [5.74, 6) is 0.521. The van der Waals surface area contributed by atoms with Crippen molar-refractivity contribution in [2.24, 2.45) is 5.92 Å². The third-order valence-electron chi connectivity index (χ3n) is 8.35. The maximum atomic E-state index is 13.5. The molecule has 0 aliphatic carbocycles. The number of aromatic nitrogens is 3. The van der Waals surface area contributed by atoms with Crippen molar-refractivity contribution >= 4 is 35.6 Å². The monoisotopic (exact) mass is 547 g/mol. The van der Waals surface area contributed by atoms with E-state index < -0.39 is 30.5 Å². The van der Waals surface area contributed by atoms with E-state index in [0.717, 1.165) is 46.4 Å². The highest BCUT2D eigenvalue weighted by Gasteiger charge is 2.51. The number of amides is 2. The lowest BCUT2D eigenvalue weighted by Gasteiger charge is -2.32. The number of pyridine rings is 1. The van der Waals surface area contributed by atoms with Crippen molar-refractivity contribution in [1.29, 1.82) is 0 Å². The number of aromatic amines is 1. The van der Waals surface area contributed by atoms with E-state index in [0.29, 0.717) is 6.54 Å². The number of alkyl carbamates (subject to hydrolysis) is 1. The molecule has 4 heterocycles. The van der Waals surface area contributed by atoms with Crippen LogP contribution in [0.5, 0.6) is 0 Å². The maximum absolute atomic E-state index is 13.5. The van der Waals surface area contributed by atoms with Crippen LogP contribution in [0.25, 0.3) is 22.3 Å². The minimum Gasteiger partial charge on any atom is -0.453 e. The molecule has 2 aromatic heterocycles. The Hall–Kier alpha value is -3.44. The lowest BCUT2D eigenvalue weighted by molar-refractivity contribution is -0.135. The smallest absolute Gasteiger partial charge is 0.453 e.